The predicted octanol–water partition coefficient (Wildman–Crippen LogP) is 2.39. The Morgan fingerprint density at radius 2 is 1.92 bits per heavy atom. The molecule has 8 heteroatoms. The van der Waals surface area contributed by atoms with Crippen molar-refractivity contribution in [2.45, 2.75) is 37.3 Å². The van der Waals surface area contributed by atoms with Gasteiger partial charge < -0.3 is 10.6 Å². The first-order valence-electron chi connectivity index (χ1n) is 9.07. The number of benzene rings is 1. The second kappa shape index (κ2) is 12.2. The van der Waals surface area contributed by atoms with Gasteiger partial charge in [0.2, 0.25) is 10.0 Å². The van der Waals surface area contributed by atoms with E-state index >= 15 is 0 Å². The van der Waals surface area contributed by atoms with Gasteiger partial charge in [0.1, 0.15) is 0 Å². The van der Waals surface area contributed by atoms with Gasteiger partial charge in [-0.1, -0.05) is 25.1 Å². The minimum Gasteiger partial charge on any atom is -0.357 e. The number of thioether (sulfide) groups is 1. The highest BCUT2D eigenvalue weighted by molar-refractivity contribution is 8.00. The third-order valence-corrected chi connectivity index (χ3v) is 6.67. The zero-order valence-corrected chi connectivity index (χ0v) is 17.9. The van der Waals surface area contributed by atoms with Gasteiger partial charge in [-0.3, -0.25) is 4.99 Å². The van der Waals surface area contributed by atoms with Gasteiger partial charge >= 0.3 is 0 Å². The average molecular weight is 401 g/mol. The van der Waals surface area contributed by atoms with Crippen molar-refractivity contribution in [1.29, 1.82) is 0 Å². The van der Waals surface area contributed by atoms with Crippen molar-refractivity contribution in [3.8, 4) is 0 Å². The summed E-state index contributed by atoms with van der Waals surface area (Å²) in [6.07, 6.45) is 0.731. The van der Waals surface area contributed by atoms with Gasteiger partial charge in [0.25, 0.3) is 0 Å². The first-order valence-corrected chi connectivity index (χ1v) is 11.6. The summed E-state index contributed by atoms with van der Waals surface area (Å²) < 4.78 is 24.9. The SMILES string of the molecule is CCNC(=NCC(C)Sc1ccccc1)NCCCN(C)S(=O)(=O)CC. The van der Waals surface area contributed by atoms with Crippen LogP contribution in [0.25, 0.3) is 0 Å². The number of sulfonamides is 1. The van der Waals surface area contributed by atoms with E-state index in [9.17, 15) is 8.42 Å². The van der Waals surface area contributed by atoms with Gasteiger partial charge in [-0.05, 0) is 32.4 Å². The lowest BCUT2D eigenvalue weighted by Gasteiger charge is -2.17. The number of rotatable bonds is 11. The molecule has 0 radical (unpaired) electrons. The highest BCUT2D eigenvalue weighted by atomic mass is 32.2. The molecule has 0 aromatic heterocycles. The van der Waals surface area contributed by atoms with Gasteiger partial charge in [-0.25, -0.2) is 12.7 Å². The lowest BCUT2D eigenvalue weighted by atomic mass is 10.4. The minimum absolute atomic E-state index is 0.137. The van der Waals surface area contributed by atoms with E-state index in [0.717, 1.165) is 18.9 Å². The summed E-state index contributed by atoms with van der Waals surface area (Å²) in [6.45, 7) is 8.53. The minimum atomic E-state index is -3.10. The van der Waals surface area contributed by atoms with E-state index in [1.165, 1.54) is 9.20 Å². The van der Waals surface area contributed by atoms with Crippen LogP contribution in [0, 0.1) is 0 Å². The van der Waals surface area contributed by atoms with Crippen LogP contribution in [0.2, 0.25) is 0 Å². The fourth-order valence-electron chi connectivity index (χ4n) is 2.20. The molecule has 0 aliphatic carbocycles. The third-order valence-electron chi connectivity index (χ3n) is 3.71. The molecule has 0 aliphatic heterocycles. The van der Waals surface area contributed by atoms with Crippen LogP contribution in [-0.4, -0.2) is 62.9 Å². The van der Waals surface area contributed by atoms with E-state index in [2.05, 4.69) is 34.7 Å². The van der Waals surface area contributed by atoms with Crippen LogP contribution in [0.1, 0.15) is 27.2 Å². The molecule has 148 valence electrons. The van der Waals surface area contributed by atoms with Crippen molar-refractivity contribution in [2.24, 2.45) is 4.99 Å². The smallest absolute Gasteiger partial charge is 0.213 e. The molecule has 1 aromatic rings. The average Bonchev–Trinajstić information content (AvgIpc) is 2.63. The summed E-state index contributed by atoms with van der Waals surface area (Å²) in [7, 11) is -1.48. The second-order valence-electron chi connectivity index (χ2n) is 5.96. The Morgan fingerprint density at radius 3 is 2.54 bits per heavy atom. The Balaban J connectivity index is 2.41. The van der Waals surface area contributed by atoms with Gasteiger partial charge in [-0.15, -0.1) is 11.8 Å². The Bertz CT molecular complexity index is 636. The molecule has 1 aromatic carbocycles. The van der Waals surface area contributed by atoms with E-state index in [1.807, 2.05) is 25.1 Å². The van der Waals surface area contributed by atoms with Crippen LogP contribution >= 0.6 is 11.8 Å². The van der Waals surface area contributed by atoms with Crippen molar-refractivity contribution in [3.05, 3.63) is 30.3 Å². The number of guanidine groups is 1. The maximum absolute atomic E-state index is 11.7. The standard InChI is InChI=1S/C18H32N4O2S2/c1-5-19-18(20-13-10-14-22(4)26(23,24)6-2)21-15-16(3)25-17-11-8-7-9-12-17/h7-9,11-12,16H,5-6,10,13-15H2,1-4H3,(H2,19,20,21). The number of hydrogen-bond donors (Lipinski definition) is 2. The number of nitrogens with one attached hydrogen (secondary N) is 2. The normalized spacial score (nSPS) is 13.7. The summed E-state index contributed by atoms with van der Waals surface area (Å²) >= 11 is 1.81. The van der Waals surface area contributed by atoms with E-state index < -0.39 is 10.0 Å². The van der Waals surface area contributed by atoms with Crippen molar-refractivity contribution >= 4 is 27.7 Å². The molecule has 0 spiro atoms. The van der Waals surface area contributed by atoms with Crippen LogP contribution in [0.3, 0.4) is 0 Å². The summed E-state index contributed by atoms with van der Waals surface area (Å²) in [5.74, 6) is 0.909. The molecule has 0 amide bonds. The zero-order valence-electron chi connectivity index (χ0n) is 16.2. The lowest BCUT2D eigenvalue weighted by Crippen LogP contribution is -2.39. The molecule has 26 heavy (non-hydrogen) atoms. The Kier molecular flexibility index (Phi) is 10.7. The Morgan fingerprint density at radius 1 is 1.23 bits per heavy atom. The van der Waals surface area contributed by atoms with Gasteiger partial charge in [0.15, 0.2) is 5.96 Å². The summed E-state index contributed by atoms with van der Waals surface area (Å²) in [6, 6.07) is 10.3. The van der Waals surface area contributed by atoms with Crippen molar-refractivity contribution in [2.75, 3.05) is 39.0 Å². The molecular weight excluding hydrogens is 368 g/mol. The van der Waals surface area contributed by atoms with Crippen LogP contribution < -0.4 is 10.6 Å². The molecule has 2 N–H and O–H groups in total. The molecule has 6 nitrogen and oxygen atoms in total. The van der Waals surface area contributed by atoms with Gasteiger partial charge in [0.05, 0.1) is 12.3 Å². The van der Waals surface area contributed by atoms with Crippen LogP contribution in [0.15, 0.2) is 40.2 Å². The Hall–Kier alpha value is -1.25. The third kappa shape index (κ3) is 8.91. The fraction of sp³-hybridized carbons (Fsp3) is 0.611. The largest absolute Gasteiger partial charge is 0.357 e. The first-order chi connectivity index (χ1) is 12.4. The fourth-order valence-corrected chi connectivity index (χ4v) is 3.97. The van der Waals surface area contributed by atoms with E-state index in [4.69, 9.17) is 0 Å². The van der Waals surface area contributed by atoms with Crippen LogP contribution in [-0.2, 0) is 10.0 Å². The first kappa shape index (κ1) is 22.8. The highest BCUT2D eigenvalue weighted by Crippen LogP contribution is 2.22. The summed E-state index contributed by atoms with van der Waals surface area (Å²) in [5.41, 5.74) is 0. The molecule has 1 atom stereocenters. The van der Waals surface area contributed by atoms with E-state index in [0.29, 0.717) is 24.9 Å². The van der Waals surface area contributed by atoms with Crippen molar-refractivity contribution in [1.82, 2.24) is 14.9 Å². The molecular formula is C18H32N4O2S2. The highest BCUT2D eigenvalue weighted by Gasteiger charge is 2.14. The van der Waals surface area contributed by atoms with E-state index in [1.54, 1.807) is 25.7 Å². The molecule has 0 fully saturated rings. The lowest BCUT2D eigenvalue weighted by molar-refractivity contribution is 0.461. The predicted molar refractivity (Wildman–Crippen MR) is 112 cm³/mol. The molecule has 1 rings (SSSR count). The maximum Gasteiger partial charge on any atom is 0.213 e. The molecule has 0 bridgehead atoms. The molecule has 0 heterocycles. The van der Waals surface area contributed by atoms with Crippen molar-refractivity contribution < 1.29 is 8.42 Å². The second-order valence-corrected chi connectivity index (χ2v) is 9.84. The summed E-state index contributed by atoms with van der Waals surface area (Å²) in [4.78, 5) is 5.88. The number of aliphatic imine (C=N–C) groups is 1. The van der Waals surface area contributed by atoms with Crippen LogP contribution in [0.4, 0.5) is 0 Å². The Labute approximate surface area is 162 Å². The maximum atomic E-state index is 11.7. The molecule has 0 saturated heterocycles. The topological polar surface area (TPSA) is 73.8 Å². The molecule has 1 unspecified atom stereocenters. The molecule has 0 saturated carbocycles. The van der Waals surface area contributed by atoms with E-state index in [-0.39, 0.29) is 5.75 Å². The number of hydrogen-bond acceptors (Lipinski definition) is 4. The monoisotopic (exact) mass is 400 g/mol. The van der Waals surface area contributed by atoms with Gasteiger partial charge in [0, 0.05) is 36.8 Å². The molecule has 0 aliphatic rings. The van der Waals surface area contributed by atoms with Gasteiger partial charge in [-0.2, -0.15) is 0 Å². The zero-order chi connectivity index (χ0) is 19.4. The van der Waals surface area contributed by atoms with Crippen molar-refractivity contribution in [3.63, 3.8) is 0 Å². The summed E-state index contributed by atoms with van der Waals surface area (Å²) in [5, 5.41) is 6.87. The quantitative estimate of drug-likeness (QED) is 0.258. The van der Waals surface area contributed by atoms with Crippen LogP contribution in [0.5, 0.6) is 0 Å². The number of nitrogens with zero attached hydrogens (tertiary/aromatic N) is 2.